The Bertz CT molecular complexity index is 2490. The summed E-state index contributed by atoms with van der Waals surface area (Å²) in [7, 11) is 0. The largest absolute Gasteiger partial charge is 0.309 e. The molecule has 9 aromatic rings. The van der Waals surface area contributed by atoms with Crippen LogP contribution in [-0.2, 0) is 0 Å². The summed E-state index contributed by atoms with van der Waals surface area (Å²) < 4.78 is 3.55. The Hall–Kier alpha value is -5.98. The number of nitrogens with zero attached hydrogens (tertiary/aromatic N) is 5. The molecule has 0 atom stereocenters. The van der Waals surface area contributed by atoms with E-state index in [4.69, 9.17) is 9.97 Å². The van der Waals surface area contributed by atoms with Gasteiger partial charge >= 0.3 is 0 Å². The van der Waals surface area contributed by atoms with Gasteiger partial charge in [-0.3, -0.25) is 15.0 Å². The zero-order chi connectivity index (χ0) is 30.5. The number of pyridine rings is 3. The van der Waals surface area contributed by atoms with E-state index in [0.29, 0.717) is 0 Å². The minimum Gasteiger partial charge on any atom is -0.309 e. The molecule has 0 saturated heterocycles. The first-order valence-corrected chi connectivity index (χ1v) is 15.9. The number of hydrogen-bond acceptors (Lipinski definition) is 5. The summed E-state index contributed by atoms with van der Waals surface area (Å²) in [5.41, 5.74) is 11.3. The molecule has 0 aliphatic heterocycles. The Balaban J connectivity index is 1.36. The van der Waals surface area contributed by atoms with E-state index in [1.54, 1.807) is 11.3 Å². The first-order valence-electron chi connectivity index (χ1n) is 15.1. The average molecular weight is 608 g/mol. The van der Waals surface area contributed by atoms with Crippen LogP contribution in [0.3, 0.4) is 0 Å². The Morgan fingerprint density at radius 3 is 1.85 bits per heavy atom. The second-order valence-electron chi connectivity index (χ2n) is 11.2. The highest BCUT2D eigenvalue weighted by atomic mass is 32.1. The van der Waals surface area contributed by atoms with Gasteiger partial charge in [-0.05, 0) is 72.8 Å². The second kappa shape index (κ2) is 10.9. The van der Waals surface area contributed by atoms with E-state index in [9.17, 15) is 0 Å². The van der Waals surface area contributed by atoms with Gasteiger partial charge in [0.05, 0.1) is 44.0 Å². The van der Waals surface area contributed by atoms with Crippen molar-refractivity contribution in [2.75, 3.05) is 0 Å². The number of benzene rings is 4. The molecule has 5 nitrogen and oxygen atoms in total. The van der Waals surface area contributed by atoms with E-state index >= 15 is 0 Å². The maximum absolute atomic E-state index is 5.00. The summed E-state index contributed by atoms with van der Waals surface area (Å²) in [5, 5.41) is 3.32. The van der Waals surface area contributed by atoms with Gasteiger partial charge in [0.2, 0.25) is 0 Å². The lowest BCUT2D eigenvalue weighted by molar-refractivity contribution is 1.17. The van der Waals surface area contributed by atoms with Gasteiger partial charge < -0.3 is 4.57 Å². The van der Waals surface area contributed by atoms with Crippen molar-refractivity contribution in [2.24, 2.45) is 0 Å². The molecule has 6 heteroatoms. The summed E-state index contributed by atoms with van der Waals surface area (Å²) in [6.07, 6.45) is 5.53. The molecule has 0 unspecified atom stereocenters. The maximum Gasteiger partial charge on any atom is 0.124 e. The lowest BCUT2D eigenvalue weighted by Gasteiger charge is -2.16. The number of rotatable bonds is 5. The van der Waals surface area contributed by atoms with Crippen LogP contribution in [0, 0.1) is 0 Å². The number of para-hydroxylation sites is 1. The summed E-state index contributed by atoms with van der Waals surface area (Å²) in [6, 6.07) is 46.3. The lowest BCUT2D eigenvalue weighted by Crippen LogP contribution is -1.99. The Labute approximate surface area is 269 Å². The topological polar surface area (TPSA) is 56.5 Å². The fourth-order valence-electron chi connectivity index (χ4n) is 6.25. The second-order valence-corrected chi connectivity index (χ2v) is 12.2. The molecule has 0 aliphatic rings. The quantitative estimate of drug-likeness (QED) is 0.195. The van der Waals surface area contributed by atoms with E-state index in [2.05, 4.69) is 106 Å². The smallest absolute Gasteiger partial charge is 0.124 e. The molecule has 0 radical (unpaired) electrons. The van der Waals surface area contributed by atoms with Crippen LogP contribution in [0.15, 0.2) is 152 Å². The standard InChI is InChI=1S/C40H25N5S/c1-2-13-39-35(12-1)44-40(46-39)28-15-17-29-31-23-26(32-9-3-6-20-41-32)16-19-36(31)45(37(29)25-28)38-24-27(33-10-4-7-21-42-33)14-18-30(38)34-11-5-8-22-43-34/h1-25H. The van der Waals surface area contributed by atoms with Gasteiger partial charge in [-0.15, -0.1) is 11.3 Å². The molecule has 0 N–H and O–H groups in total. The minimum atomic E-state index is 0.910. The monoisotopic (exact) mass is 607 g/mol. The molecule has 0 amide bonds. The SMILES string of the molecule is c1ccc(-c2ccc(-c3ccccn3)c(-n3c4ccc(-c5ccccn5)cc4c4ccc(-c5nc6ccccc6s5)cc43)c2)nc1. The molecular weight excluding hydrogens is 583 g/mol. The van der Waals surface area contributed by atoms with Gasteiger partial charge in [-0.1, -0.05) is 60.7 Å². The zero-order valence-electron chi connectivity index (χ0n) is 24.6. The van der Waals surface area contributed by atoms with Crippen molar-refractivity contribution in [3.05, 3.63) is 152 Å². The number of aromatic nitrogens is 5. The van der Waals surface area contributed by atoms with Crippen LogP contribution < -0.4 is 0 Å². The van der Waals surface area contributed by atoms with Crippen molar-refractivity contribution in [3.63, 3.8) is 0 Å². The molecule has 0 aliphatic carbocycles. The first kappa shape index (κ1) is 26.4. The van der Waals surface area contributed by atoms with Gasteiger partial charge in [0.15, 0.2) is 0 Å². The normalized spacial score (nSPS) is 11.5. The fourth-order valence-corrected chi connectivity index (χ4v) is 7.21. The van der Waals surface area contributed by atoms with Crippen molar-refractivity contribution in [1.29, 1.82) is 0 Å². The summed E-state index contributed by atoms with van der Waals surface area (Å²) in [5.74, 6) is 0. The van der Waals surface area contributed by atoms with Crippen LogP contribution in [0.1, 0.15) is 0 Å². The van der Waals surface area contributed by atoms with Crippen LogP contribution in [0.4, 0.5) is 0 Å². The lowest BCUT2D eigenvalue weighted by atomic mass is 10.0. The predicted octanol–water partition coefficient (Wildman–Crippen LogP) is 10.2. The van der Waals surface area contributed by atoms with Crippen molar-refractivity contribution < 1.29 is 0 Å². The van der Waals surface area contributed by atoms with E-state index in [-0.39, 0.29) is 0 Å². The van der Waals surface area contributed by atoms with Crippen LogP contribution in [0.5, 0.6) is 0 Å². The number of thiazole rings is 1. The van der Waals surface area contributed by atoms with Gasteiger partial charge in [0.1, 0.15) is 5.01 Å². The van der Waals surface area contributed by atoms with E-state index in [1.165, 1.54) is 4.70 Å². The molecule has 9 rings (SSSR count). The number of hydrogen-bond donors (Lipinski definition) is 0. The molecule has 5 heterocycles. The Morgan fingerprint density at radius 1 is 0.478 bits per heavy atom. The van der Waals surface area contributed by atoms with Crippen molar-refractivity contribution in [1.82, 2.24) is 24.5 Å². The fraction of sp³-hybridized carbons (Fsp3) is 0. The van der Waals surface area contributed by atoms with Gasteiger partial charge in [-0.25, -0.2) is 4.98 Å². The molecule has 46 heavy (non-hydrogen) atoms. The predicted molar refractivity (Wildman–Crippen MR) is 189 cm³/mol. The Kier molecular flexibility index (Phi) is 6.25. The first-order chi connectivity index (χ1) is 22.8. The van der Waals surface area contributed by atoms with E-state index < -0.39 is 0 Å². The third kappa shape index (κ3) is 4.47. The van der Waals surface area contributed by atoms with Crippen LogP contribution >= 0.6 is 11.3 Å². The van der Waals surface area contributed by atoms with Crippen LogP contribution in [0.25, 0.3) is 82.1 Å². The third-order valence-corrected chi connectivity index (χ3v) is 9.49. The van der Waals surface area contributed by atoms with Gasteiger partial charge in [0, 0.05) is 51.6 Å². The van der Waals surface area contributed by atoms with Crippen molar-refractivity contribution in [3.8, 4) is 50.0 Å². The average Bonchev–Trinajstić information content (AvgIpc) is 3.71. The molecule has 0 spiro atoms. The highest BCUT2D eigenvalue weighted by molar-refractivity contribution is 7.21. The summed E-state index contributed by atoms with van der Waals surface area (Å²) >= 11 is 1.72. The van der Waals surface area contributed by atoms with Gasteiger partial charge in [0.25, 0.3) is 0 Å². The minimum absolute atomic E-state index is 0.910. The maximum atomic E-state index is 5.00. The highest BCUT2D eigenvalue weighted by Gasteiger charge is 2.19. The van der Waals surface area contributed by atoms with Crippen molar-refractivity contribution >= 4 is 43.4 Å². The van der Waals surface area contributed by atoms with E-state index in [1.807, 2.05) is 61.1 Å². The zero-order valence-corrected chi connectivity index (χ0v) is 25.4. The van der Waals surface area contributed by atoms with Crippen molar-refractivity contribution in [2.45, 2.75) is 0 Å². The van der Waals surface area contributed by atoms with Crippen LogP contribution in [0.2, 0.25) is 0 Å². The Morgan fingerprint density at radius 2 is 1.13 bits per heavy atom. The molecule has 0 bridgehead atoms. The van der Waals surface area contributed by atoms with Crippen LogP contribution in [-0.4, -0.2) is 24.5 Å². The molecule has 0 fully saturated rings. The molecule has 0 saturated carbocycles. The summed E-state index contributed by atoms with van der Waals surface area (Å²) in [4.78, 5) is 19.1. The van der Waals surface area contributed by atoms with Gasteiger partial charge in [-0.2, -0.15) is 0 Å². The molecule has 216 valence electrons. The molecular formula is C40H25N5S. The highest BCUT2D eigenvalue weighted by Crippen LogP contribution is 2.41. The van der Waals surface area contributed by atoms with E-state index in [0.717, 1.165) is 77.4 Å². The molecule has 5 aromatic heterocycles. The molecule has 4 aromatic carbocycles. The third-order valence-electron chi connectivity index (χ3n) is 8.41. The summed E-state index contributed by atoms with van der Waals surface area (Å²) in [6.45, 7) is 0. The number of fused-ring (bicyclic) bond motifs is 4.